The van der Waals surface area contributed by atoms with E-state index in [2.05, 4.69) is 35.9 Å². The summed E-state index contributed by atoms with van der Waals surface area (Å²) >= 11 is 0. The fraction of sp³-hybridized carbons (Fsp3) is 0.812. The summed E-state index contributed by atoms with van der Waals surface area (Å²) < 4.78 is 7.66. The minimum atomic E-state index is 0.350. The minimum absolute atomic E-state index is 0.350. The molecule has 1 saturated carbocycles. The number of nitrogens with zero attached hydrogens (tertiary/aromatic N) is 2. The van der Waals surface area contributed by atoms with Crippen LogP contribution >= 0.6 is 0 Å². The first-order chi connectivity index (χ1) is 9.67. The molecule has 0 aliphatic heterocycles. The summed E-state index contributed by atoms with van der Waals surface area (Å²) in [6.45, 7) is 7.50. The molecule has 20 heavy (non-hydrogen) atoms. The largest absolute Gasteiger partial charge is 0.493 e. The van der Waals surface area contributed by atoms with Crippen LogP contribution in [0.4, 0.5) is 0 Å². The first-order valence-electron chi connectivity index (χ1n) is 8.02. The van der Waals surface area contributed by atoms with Crippen LogP contribution in [-0.4, -0.2) is 23.4 Å². The summed E-state index contributed by atoms with van der Waals surface area (Å²) in [6, 6.07) is 0.710. The molecule has 114 valence electrons. The van der Waals surface area contributed by atoms with Gasteiger partial charge in [0, 0.05) is 6.04 Å². The fourth-order valence-corrected chi connectivity index (χ4v) is 3.37. The van der Waals surface area contributed by atoms with Gasteiger partial charge in [0.1, 0.15) is 0 Å². The zero-order valence-corrected chi connectivity index (χ0v) is 13.4. The van der Waals surface area contributed by atoms with E-state index in [0.717, 1.165) is 18.2 Å². The van der Waals surface area contributed by atoms with E-state index in [4.69, 9.17) is 4.74 Å². The Hall–Kier alpha value is -1.03. The molecule has 1 aromatic heterocycles. The zero-order valence-electron chi connectivity index (χ0n) is 13.4. The maximum Gasteiger partial charge on any atom is 0.161 e. The lowest BCUT2D eigenvalue weighted by molar-refractivity contribution is 0.347. The van der Waals surface area contributed by atoms with Gasteiger partial charge >= 0.3 is 0 Å². The Morgan fingerprint density at radius 1 is 1.40 bits per heavy atom. The minimum Gasteiger partial charge on any atom is -0.493 e. The van der Waals surface area contributed by atoms with Crippen molar-refractivity contribution in [2.75, 3.05) is 13.7 Å². The van der Waals surface area contributed by atoms with Crippen molar-refractivity contribution in [1.29, 1.82) is 0 Å². The Morgan fingerprint density at radius 3 is 2.65 bits per heavy atom. The molecule has 1 aromatic rings. The normalized spacial score (nSPS) is 17.9. The van der Waals surface area contributed by atoms with Crippen molar-refractivity contribution in [3.8, 4) is 5.75 Å². The summed E-state index contributed by atoms with van der Waals surface area (Å²) in [4.78, 5) is 0. The van der Waals surface area contributed by atoms with Crippen LogP contribution in [0.2, 0.25) is 0 Å². The van der Waals surface area contributed by atoms with E-state index in [9.17, 15) is 0 Å². The highest BCUT2D eigenvalue weighted by Crippen LogP contribution is 2.36. The first-order valence-corrected chi connectivity index (χ1v) is 8.02. The van der Waals surface area contributed by atoms with Gasteiger partial charge < -0.3 is 10.1 Å². The van der Waals surface area contributed by atoms with Crippen molar-refractivity contribution in [2.45, 2.75) is 65.0 Å². The third kappa shape index (κ3) is 3.35. The van der Waals surface area contributed by atoms with Gasteiger partial charge in [0.05, 0.1) is 25.0 Å². The van der Waals surface area contributed by atoms with Crippen LogP contribution < -0.4 is 10.1 Å². The maximum absolute atomic E-state index is 5.54. The number of hydrogen-bond donors (Lipinski definition) is 1. The molecule has 0 saturated heterocycles. The molecular weight excluding hydrogens is 250 g/mol. The summed E-state index contributed by atoms with van der Waals surface area (Å²) in [6.07, 6.45) is 8.59. The lowest BCUT2D eigenvalue weighted by Gasteiger charge is -2.24. The highest BCUT2D eigenvalue weighted by atomic mass is 16.5. The lowest BCUT2D eigenvalue weighted by Crippen LogP contribution is -2.26. The van der Waals surface area contributed by atoms with E-state index < -0.39 is 0 Å². The Labute approximate surface area is 122 Å². The molecule has 1 aliphatic carbocycles. The van der Waals surface area contributed by atoms with Crippen LogP contribution in [0.25, 0.3) is 0 Å². The van der Waals surface area contributed by atoms with Gasteiger partial charge in [0.15, 0.2) is 5.75 Å². The van der Waals surface area contributed by atoms with Crippen molar-refractivity contribution in [3.05, 3.63) is 11.9 Å². The summed E-state index contributed by atoms with van der Waals surface area (Å²) in [5.74, 6) is 1.77. The predicted octanol–water partition coefficient (Wildman–Crippen LogP) is 3.70. The first kappa shape index (κ1) is 15.4. The van der Waals surface area contributed by atoms with E-state index in [1.165, 1.54) is 37.8 Å². The Morgan fingerprint density at radius 2 is 2.10 bits per heavy atom. The van der Waals surface area contributed by atoms with Gasteiger partial charge in [-0.3, -0.25) is 4.68 Å². The Kier molecular flexibility index (Phi) is 5.46. The van der Waals surface area contributed by atoms with Crippen LogP contribution in [-0.2, 0) is 0 Å². The molecule has 0 spiro atoms. The molecule has 1 unspecified atom stereocenters. The van der Waals surface area contributed by atoms with E-state index in [-0.39, 0.29) is 0 Å². The molecule has 1 heterocycles. The number of ether oxygens (including phenoxy) is 1. The molecule has 1 N–H and O–H groups in total. The molecule has 1 fully saturated rings. The molecule has 4 heteroatoms. The monoisotopic (exact) mass is 279 g/mol. The standard InChI is InChI=1S/C16H29N3O/c1-5-17-14(10-13-8-6-7-9-13)16-15(20-4)11-18-19(16)12(2)3/h11-14,17H,5-10H2,1-4H3. The Bertz CT molecular complexity index is 408. The number of rotatable bonds is 7. The number of methoxy groups -OCH3 is 1. The van der Waals surface area contributed by atoms with Gasteiger partial charge in [0.2, 0.25) is 0 Å². The highest BCUT2D eigenvalue weighted by Gasteiger charge is 2.26. The second kappa shape index (κ2) is 7.11. The van der Waals surface area contributed by atoms with Crippen molar-refractivity contribution < 1.29 is 4.74 Å². The van der Waals surface area contributed by atoms with E-state index >= 15 is 0 Å². The van der Waals surface area contributed by atoms with Crippen molar-refractivity contribution >= 4 is 0 Å². The van der Waals surface area contributed by atoms with Crippen molar-refractivity contribution in [1.82, 2.24) is 15.1 Å². The average molecular weight is 279 g/mol. The molecular formula is C16H29N3O. The fourth-order valence-electron chi connectivity index (χ4n) is 3.37. The topological polar surface area (TPSA) is 39.1 Å². The van der Waals surface area contributed by atoms with Gasteiger partial charge in [0.25, 0.3) is 0 Å². The molecule has 1 atom stereocenters. The van der Waals surface area contributed by atoms with Gasteiger partial charge in [-0.15, -0.1) is 0 Å². The number of aromatic nitrogens is 2. The molecule has 0 amide bonds. The Balaban J connectivity index is 2.24. The zero-order chi connectivity index (χ0) is 14.5. The molecule has 2 rings (SSSR count). The average Bonchev–Trinajstić information content (AvgIpc) is 3.06. The number of nitrogens with one attached hydrogen (secondary N) is 1. The van der Waals surface area contributed by atoms with Gasteiger partial charge in [-0.05, 0) is 32.7 Å². The van der Waals surface area contributed by atoms with Crippen LogP contribution in [0, 0.1) is 5.92 Å². The second-order valence-corrected chi connectivity index (χ2v) is 6.13. The van der Waals surface area contributed by atoms with Crippen LogP contribution in [0.5, 0.6) is 5.75 Å². The quantitative estimate of drug-likeness (QED) is 0.827. The van der Waals surface area contributed by atoms with Crippen LogP contribution in [0.1, 0.15) is 70.7 Å². The van der Waals surface area contributed by atoms with Crippen molar-refractivity contribution in [3.63, 3.8) is 0 Å². The van der Waals surface area contributed by atoms with E-state index in [0.29, 0.717) is 12.1 Å². The lowest BCUT2D eigenvalue weighted by atomic mass is 9.96. The van der Waals surface area contributed by atoms with E-state index in [1.54, 1.807) is 7.11 Å². The van der Waals surface area contributed by atoms with Gasteiger partial charge in [-0.25, -0.2) is 0 Å². The molecule has 0 bridgehead atoms. The summed E-state index contributed by atoms with van der Waals surface area (Å²) in [7, 11) is 1.74. The van der Waals surface area contributed by atoms with Crippen LogP contribution in [0.3, 0.4) is 0 Å². The van der Waals surface area contributed by atoms with Crippen molar-refractivity contribution in [2.24, 2.45) is 5.92 Å². The SMILES string of the molecule is CCNC(CC1CCCC1)c1c(OC)cnn1C(C)C. The van der Waals surface area contributed by atoms with E-state index in [1.807, 2.05) is 6.20 Å². The molecule has 1 aliphatic rings. The maximum atomic E-state index is 5.54. The molecule has 4 nitrogen and oxygen atoms in total. The second-order valence-electron chi connectivity index (χ2n) is 6.13. The molecule has 0 aromatic carbocycles. The smallest absolute Gasteiger partial charge is 0.161 e. The predicted molar refractivity (Wildman–Crippen MR) is 82.2 cm³/mol. The third-order valence-corrected chi connectivity index (χ3v) is 4.33. The van der Waals surface area contributed by atoms with Crippen LogP contribution in [0.15, 0.2) is 6.20 Å². The summed E-state index contributed by atoms with van der Waals surface area (Å²) in [5.41, 5.74) is 1.22. The summed E-state index contributed by atoms with van der Waals surface area (Å²) in [5, 5.41) is 8.16. The third-order valence-electron chi connectivity index (χ3n) is 4.33. The number of hydrogen-bond acceptors (Lipinski definition) is 3. The highest BCUT2D eigenvalue weighted by molar-refractivity contribution is 5.29. The molecule has 0 radical (unpaired) electrons. The van der Waals surface area contributed by atoms with Gasteiger partial charge in [-0.2, -0.15) is 5.10 Å². The van der Waals surface area contributed by atoms with Gasteiger partial charge in [-0.1, -0.05) is 32.6 Å².